The van der Waals surface area contributed by atoms with E-state index in [4.69, 9.17) is 16.3 Å². The Morgan fingerprint density at radius 2 is 2.00 bits per heavy atom. The van der Waals surface area contributed by atoms with Crippen molar-refractivity contribution in [1.29, 1.82) is 0 Å². The molecule has 0 aliphatic carbocycles. The van der Waals surface area contributed by atoms with Crippen LogP contribution >= 0.6 is 11.6 Å². The van der Waals surface area contributed by atoms with Crippen LogP contribution in [0.15, 0.2) is 36.4 Å². The number of nitrogens with zero attached hydrogens (tertiary/aromatic N) is 2. The van der Waals surface area contributed by atoms with Gasteiger partial charge in [-0.05, 0) is 31.2 Å². The quantitative estimate of drug-likeness (QED) is 0.913. The van der Waals surface area contributed by atoms with Gasteiger partial charge in [0.25, 0.3) is 0 Å². The summed E-state index contributed by atoms with van der Waals surface area (Å²) in [6.45, 7) is 0. The molecule has 100 valence electrons. The summed E-state index contributed by atoms with van der Waals surface area (Å²) in [5, 5.41) is 12.1. The lowest BCUT2D eigenvalue weighted by molar-refractivity contribution is 0.389. The van der Waals surface area contributed by atoms with Crippen molar-refractivity contribution < 1.29 is 4.74 Å². The standard InChI is InChI=1S/C14H16ClN3O/c1-16-13(9-10-5-3-4-6-11(10)15)12-7-8-14(19-2)18-17-12/h3-8,13,16H,9H2,1-2H3. The Bertz CT molecular complexity index is 530. The molecule has 0 aliphatic rings. The lowest BCUT2D eigenvalue weighted by atomic mass is 10.0. The molecule has 1 aromatic carbocycles. The zero-order valence-electron chi connectivity index (χ0n) is 10.9. The first kappa shape index (κ1) is 13.8. The minimum Gasteiger partial charge on any atom is -0.480 e. The minimum absolute atomic E-state index is 0.0679. The van der Waals surface area contributed by atoms with Gasteiger partial charge in [-0.3, -0.25) is 0 Å². The third-order valence-electron chi connectivity index (χ3n) is 2.96. The van der Waals surface area contributed by atoms with Gasteiger partial charge in [-0.25, -0.2) is 0 Å². The molecule has 1 atom stereocenters. The number of nitrogens with one attached hydrogen (secondary N) is 1. The number of benzene rings is 1. The van der Waals surface area contributed by atoms with Gasteiger partial charge < -0.3 is 10.1 Å². The summed E-state index contributed by atoms with van der Waals surface area (Å²) >= 11 is 6.18. The van der Waals surface area contributed by atoms with Crippen LogP contribution in [0.2, 0.25) is 5.02 Å². The van der Waals surface area contributed by atoms with Gasteiger partial charge in [0, 0.05) is 11.1 Å². The molecule has 1 aromatic heterocycles. The van der Waals surface area contributed by atoms with Crippen LogP contribution in [0.4, 0.5) is 0 Å². The highest BCUT2D eigenvalue weighted by Gasteiger charge is 2.14. The number of halogens is 1. The lowest BCUT2D eigenvalue weighted by Crippen LogP contribution is -2.20. The number of hydrogen-bond donors (Lipinski definition) is 1. The van der Waals surface area contributed by atoms with E-state index >= 15 is 0 Å². The van der Waals surface area contributed by atoms with E-state index in [1.54, 1.807) is 13.2 Å². The minimum atomic E-state index is 0.0679. The summed E-state index contributed by atoms with van der Waals surface area (Å²) in [5.74, 6) is 0.511. The molecule has 0 bridgehead atoms. The van der Waals surface area contributed by atoms with Gasteiger partial charge in [0.05, 0.1) is 18.8 Å². The smallest absolute Gasteiger partial charge is 0.233 e. The first-order chi connectivity index (χ1) is 9.24. The number of rotatable bonds is 5. The van der Waals surface area contributed by atoms with Gasteiger partial charge in [-0.2, -0.15) is 5.10 Å². The van der Waals surface area contributed by atoms with E-state index in [-0.39, 0.29) is 6.04 Å². The van der Waals surface area contributed by atoms with Crippen molar-refractivity contribution in [3.8, 4) is 5.88 Å². The summed E-state index contributed by atoms with van der Waals surface area (Å²) in [6, 6.07) is 11.6. The molecule has 0 fully saturated rings. The van der Waals surface area contributed by atoms with Crippen LogP contribution < -0.4 is 10.1 Å². The average molecular weight is 278 g/mol. The van der Waals surface area contributed by atoms with Gasteiger partial charge in [0.15, 0.2) is 0 Å². The third-order valence-corrected chi connectivity index (χ3v) is 3.33. The molecule has 1 N–H and O–H groups in total. The van der Waals surface area contributed by atoms with E-state index in [1.165, 1.54) is 0 Å². The van der Waals surface area contributed by atoms with Gasteiger partial charge in [0.1, 0.15) is 0 Å². The van der Waals surface area contributed by atoms with E-state index in [0.29, 0.717) is 5.88 Å². The molecule has 0 aliphatic heterocycles. The van der Waals surface area contributed by atoms with Crippen LogP contribution in [-0.4, -0.2) is 24.4 Å². The molecule has 1 heterocycles. The van der Waals surface area contributed by atoms with E-state index in [0.717, 1.165) is 22.7 Å². The van der Waals surface area contributed by atoms with E-state index in [2.05, 4.69) is 15.5 Å². The molecule has 0 saturated heterocycles. The Labute approximate surface area is 117 Å². The molecule has 0 saturated carbocycles. The maximum absolute atomic E-state index is 6.18. The Hall–Kier alpha value is -1.65. The second kappa shape index (κ2) is 6.50. The number of methoxy groups -OCH3 is 1. The topological polar surface area (TPSA) is 47.0 Å². The lowest BCUT2D eigenvalue weighted by Gasteiger charge is -2.16. The van der Waals surface area contributed by atoms with Gasteiger partial charge in [-0.1, -0.05) is 29.8 Å². The largest absolute Gasteiger partial charge is 0.480 e. The predicted molar refractivity (Wildman–Crippen MR) is 75.5 cm³/mol. The fraction of sp³-hybridized carbons (Fsp3) is 0.286. The molecule has 4 nitrogen and oxygen atoms in total. The highest BCUT2D eigenvalue weighted by molar-refractivity contribution is 6.31. The highest BCUT2D eigenvalue weighted by Crippen LogP contribution is 2.22. The fourth-order valence-electron chi connectivity index (χ4n) is 1.86. The van der Waals surface area contributed by atoms with Crippen molar-refractivity contribution in [1.82, 2.24) is 15.5 Å². The molecule has 2 aromatic rings. The first-order valence-electron chi connectivity index (χ1n) is 6.03. The van der Waals surface area contributed by atoms with Crippen molar-refractivity contribution in [3.05, 3.63) is 52.7 Å². The Morgan fingerprint density at radius 3 is 2.58 bits per heavy atom. The van der Waals surface area contributed by atoms with Crippen LogP contribution in [0.25, 0.3) is 0 Å². The van der Waals surface area contributed by atoms with Crippen LogP contribution in [0.1, 0.15) is 17.3 Å². The average Bonchev–Trinajstić information content (AvgIpc) is 2.47. The van der Waals surface area contributed by atoms with Gasteiger partial charge in [-0.15, -0.1) is 5.10 Å². The molecule has 19 heavy (non-hydrogen) atoms. The second-order valence-corrected chi connectivity index (χ2v) is 4.54. The van der Waals surface area contributed by atoms with E-state index in [9.17, 15) is 0 Å². The summed E-state index contributed by atoms with van der Waals surface area (Å²) < 4.78 is 5.00. The normalized spacial score (nSPS) is 12.2. The number of ether oxygens (including phenoxy) is 1. The van der Waals surface area contributed by atoms with Crippen LogP contribution in [0.5, 0.6) is 5.88 Å². The molecular formula is C14H16ClN3O. The monoisotopic (exact) mass is 277 g/mol. The summed E-state index contributed by atoms with van der Waals surface area (Å²) in [5.41, 5.74) is 1.95. The van der Waals surface area contributed by atoms with E-state index < -0.39 is 0 Å². The van der Waals surface area contributed by atoms with Crippen molar-refractivity contribution in [2.45, 2.75) is 12.5 Å². The van der Waals surface area contributed by atoms with Crippen LogP contribution in [0, 0.1) is 0 Å². The molecule has 5 heteroatoms. The second-order valence-electron chi connectivity index (χ2n) is 4.14. The summed E-state index contributed by atoms with van der Waals surface area (Å²) in [6.07, 6.45) is 0.761. The SMILES string of the molecule is CNC(Cc1ccccc1Cl)c1ccc(OC)nn1. The number of likely N-dealkylation sites (N-methyl/N-ethyl adjacent to an activating group) is 1. The molecule has 1 unspecified atom stereocenters. The Morgan fingerprint density at radius 1 is 1.21 bits per heavy atom. The molecule has 0 radical (unpaired) electrons. The van der Waals surface area contributed by atoms with Crippen molar-refractivity contribution in [2.24, 2.45) is 0 Å². The molecule has 0 amide bonds. The first-order valence-corrected chi connectivity index (χ1v) is 6.40. The molecular weight excluding hydrogens is 262 g/mol. The molecule has 2 rings (SSSR count). The highest BCUT2D eigenvalue weighted by atomic mass is 35.5. The van der Waals surface area contributed by atoms with Crippen molar-refractivity contribution in [2.75, 3.05) is 14.2 Å². The van der Waals surface area contributed by atoms with Gasteiger partial charge in [0.2, 0.25) is 5.88 Å². The van der Waals surface area contributed by atoms with Gasteiger partial charge >= 0.3 is 0 Å². The number of hydrogen-bond acceptors (Lipinski definition) is 4. The summed E-state index contributed by atoms with van der Waals surface area (Å²) in [7, 11) is 3.47. The van der Waals surface area contributed by atoms with Crippen molar-refractivity contribution in [3.63, 3.8) is 0 Å². The third kappa shape index (κ3) is 3.43. The van der Waals surface area contributed by atoms with E-state index in [1.807, 2.05) is 37.4 Å². The van der Waals surface area contributed by atoms with Crippen molar-refractivity contribution >= 4 is 11.6 Å². The Balaban J connectivity index is 2.17. The fourth-order valence-corrected chi connectivity index (χ4v) is 2.08. The Kier molecular flexibility index (Phi) is 4.71. The zero-order chi connectivity index (χ0) is 13.7. The maximum Gasteiger partial charge on any atom is 0.233 e. The summed E-state index contributed by atoms with van der Waals surface area (Å²) in [4.78, 5) is 0. The molecule has 0 spiro atoms. The number of aromatic nitrogens is 2. The zero-order valence-corrected chi connectivity index (χ0v) is 11.7. The van der Waals surface area contributed by atoms with Crippen LogP contribution in [0.3, 0.4) is 0 Å². The maximum atomic E-state index is 6.18. The predicted octanol–water partition coefficient (Wildman–Crippen LogP) is 2.64. The van der Waals surface area contributed by atoms with Crippen LogP contribution in [-0.2, 0) is 6.42 Å².